The lowest BCUT2D eigenvalue weighted by molar-refractivity contribution is 0.724. The van der Waals surface area contributed by atoms with Crippen LogP contribution in [-0.2, 0) is 6.42 Å². The summed E-state index contributed by atoms with van der Waals surface area (Å²) in [5, 5.41) is 6.70. The van der Waals surface area contributed by atoms with E-state index >= 15 is 0 Å². The van der Waals surface area contributed by atoms with Crippen LogP contribution in [0.3, 0.4) is 0 Å². The maximum Gasteiger partial charge on any atom is 0.191 e. The topological polar surface area (TPSA) is 36.4 Å². The second kappa shape index (κ2) is 7.82. The lowest BCUT2D eigenvalue weighted by Gasteiger charge is -2.11. The number of nitrogens with one attached hydrogen (secondary N) is 2. The largest absolute Gasteiger partial charge is 0.357 e. The van der Waals surface area contributed by atoms with Crippen molar-refractivity contribution in [2.45, 2.75) is 32.6 Å². The molecule has 2 rings (SSSR count). The van der Waals surface area contributed by atoms with E-state index in [1.54, 1.807) is 0 Å². The van der Waals surface area contributed by atoms with Gasteiger partial charge < -0.3 is 10.6 Å². The quantitative estimate of drug-likeness (QED) is 0.583. The van der Waals surface area contributed by atoms with E-state index in [0.717, 1.165) is 37.9 Å². The molecule has 3 heteroatoms. The van der Waals surface area contributed by atoms with Gasteiger partial charge in [-0.05, 0) is 31.2 Å². The van der Waals surface area contributed by atoms with E-state index in [1.165, 1.54) is 24.8 Å². The van der Waals surface area contributed by atoms with Gasteiger partial charge in [-0.3, -0.25) is 4.99 Å². The van der Waals surface area contributed by atoms with E-state index in [1.807, 2.05) is 0 Å². The van der Waals surface area contributed by atoms with Gasteiger partial charge in [0.2, 0.25) is 0 Å². The molecule has 0 heterocycles. The van der Waals surface area contributed by atoms with E-state index < -0.39 is 0 Å². The number of nitrogens with zero attached hydrogens (tertiary/aromatic N) is 1. The van der Waals surface area contributed by atoms with E-state index in [-0.39, 0.29) is 0 Å². The van der Waals surface area contributed by atoms with Gasteiger partial charge in [-0.2, -0.15) is 0 Å². The summed E-state index contributed by atoms with van der Waals surface area (Å²) in [5.74, 6) is 1.91. The Labute approximate surface area is 116 Å². The Morgan fingerprint density at radius 3 is 2.68 bits per heavy atom. The van der Waals surface area contributed by atoms with Crippen molar-refractivity contribution >= 4 is 5.96 Å². The zero-order chi connectivity index (χ0) is 13.3. The summed E-state index contributed by atoms with van der Waals surface area (Å²) in [5.41, 5.74) is 1.36. The van der Waals surface area contributed by atoms with Crippen molar-refractivity contribution in [2.75, 3.05) is 19.6 Å². The van der Waals surface area contributed by atoms with Crippen molar-refractivity contribution in [3.63, 3.8) is 0 Å². The SMILES string of the molecule is CCNC(=NCCC1CC1)NCCc1ccccc1. The smallest absolute Gasteiger partial charge is 0.191 e. The van der Waals surface area contributed by atoms with Gasteiger partial charge in [0, 0.05) is 19.6 Å². The van der Waals surface area contributed by atoms with Gasteiger partial charge >= 0.3 is 0 Å². The second-order valence-electron chi connectivity index (χ2n) is 5.16. The molecule has 0 aromatic heterocycles. The summed E-state index contributed by atoms with van der Waals surface area (Å²) in [4.78, 5) is 4.62. The van der Waals surface area contributed by atoms with Crippen molar-refractivity contribution in [3.05, 3.63) is 35.9 Å². The first-order valence-electron chi connectivity index (χ1n) is 7.44. The Bertz CT molecular complexity index is 382. The fraction of sp³-hybridized carbons (Fsp3) is 0.562. The fourth-order valence-electron chi connectivity index (χ4n) is 2.08. The Balaban J connectivity index is 1.69. The molecule has 0 unspecified atom stereocenters. The number of guanidine groups is 1. The van der Waals surface area contributed by atoms with Crippen LogP contribution in [0.5, 0.6) is 0 Å². The minimum absolute atomic E-state index is 0.917. The van der Waals surface area contributed by atoms with Crippen LogP contribution in [0.4, 0.5) is 0 Å². The summed E-state index contributed by atoms with van der Waals surface area (Å²) in [7, 11) is 0. The van der Waals surface area contributed by atoms with Gasteiger partial charge in [0.15, 0.2) is 5.96 Å². The number of aliphatic imine (C=N–C) groups is 1. The summed E-state index contributed by atoms with van der Waals surface area (Å²) in [6, 6.07) is 10.6. The van der Waals surface area contributed by atoms with Crippen LogP contribution in [0.2, 0.25) is 0 Å². The predicted octanol–water partition coefficient (Wildman–Crippen LogP) is 2.58. The van der Waals surface area contributed by atoms with Gasteiger partial charge in [0.1, 0.15) is 0 Å². The highest BCUT2D eigenvalue weighted by Gasteiger charge is 2.20. The fourth-order valence-corrected chi connectivity index (χ4v) is 2.08. The molecule has 0 aliphatic heterocycles. The normalized spacial score (nSPS) is 15.3. The molecule has 2 N–H and O–H groups in total. The van der Waals surface area contributed by atoms with Gasteiger partial charge in [-0.25, -0.2) is 0 Å². The molecule has 1 aliphatic rings. The number of hydrogen-bond acceptors (Lipinski definition) is 1. The van der Waals surface area contributed by atoms with Crippen molar-refractivity contribution in [2.24, 2.45) is 10.9 Å². The van der Waals surface area contributed by atoms with Crippen LogP contribution >= 0.6 is 0 Å². The molecule has 1 saturated carbocycles. The minimum Gasteiger partial charge on any atom is -0.357 e. The van der Waals surface area contributed by atoms with E-state index in [4.69, 9.17) is 0 Å². The van der Waals surface area contributed by atoms with E-state index in [0.29, 0.717) is 0 Å². The summed E-state index contributed by atoms with van der Waals surface area (Å²) in [6.45, 7) is 4.90. The molecule has 104 valence electrons. The van der Waals surface area contributed by atoms with Crippen molar-refractivity contribution in [3.8, 4) is 0 Å². The Morgan fingerprint density at radius 1 is 1.21 bits per heavy atom. The third-order valence-electron chi connectivity index (χ3n) is 3.40. The molecule has 0 spiro atoms. The Morgan fingerprint density at radius 2 is 2.00 bits per heavy atom. The van der Waals surface area contributed by atoms with Crippen molar-refractivity contribution in [1.82, 2.24) is 10.6 Å². The zero-order valence-electron chi connectivity index (χ0n) is 11.9. The molecule has 0 atom stereocenters. The molecule has 1 aromatic rings. The first-order chi connectivity index (χ1) is 9.38. The van der Waals surface area contributed by atoms with Crippen molar-refractivity contribution in [1.29, 1.82) is 0 Å². The third kappa shape index (κ3) is 5.77. The maximum atomic E-state index is 4.62. The lowest BCUT2D eigenvalue weighted by Crippen LogP contribution is -2.38. The van der Waals surface area contributed by atoms with Crippen LogP contribution < -0.4 is 10.6 Å². The molecule has 19 heavy (non-hydrogen) atoms. The molecule has 3 nitrogen and oxygen atoms in total. The van der Waals surface area contributed by atoms with Crippen LogP contribution in [0.25, 0.3) is 0 Å². The molecule has 1 aromatic carbocycles. The molecular weight excluding hydrogens is 234 g/mol. The highest BCUT2D eigenvalue weighted by atomic mass is 15.2. The predicted molar refractivity (Wildman–Crippen MR) is 81.5 cm³/mol. The summed E-state index contributed by atoms with van der Waals surface area (Å²) < 4.78 is 0. The highest BCUT2D eigenvalue weighted by Crippen LogP contribution is 2.32. The first-order valence-corrected chi connectivity index (χ1v) is 7.44. The standard InChI is InChI=1S/C16H25N3/c1-2-17-16(19-13-11-15-8-9-15)18-12-10-14-6-4-3-5-7-14/h3-7,15H,2,8-13H2,1H3,(H2,17,18,19). The van der Waals surface area contributed by atoms with E-state index in [2.05, 4.69) is 52.9 Å². The molecule has 1 fully saturated rings. The van der Waals surface area contributed by atoms with Crippen LogP contribution in [0.1, 0.15) is 31.7 Å². The van der Waals surface area contributed by atoms with Gasteiger partial charge in [-0.15, -0.1) is 0 Å². The number of hydrogen-bond donors (Lipinski definition) is 2. The van der Waals surface area contributed by atoms with Crippen LogP contribution in [0, 0.1) is 5.92 Å². The minimum atomic E-state index is 0.917. The zero-order valence-corrected chi connectivity index (χ0v) is 11.9. The van der Waals surface area contributed by atoms with Gasteiger partial charge in [0.05, 0.1) is 0 Å². The third-order valence-corrected chi connectivity index (χ3v) is 3.40. The molecular formula is C16H25N3. The Hall–Kier alpha value is -1.51. The van der Waals surface area contributed by atoms with Gasteiger partial charge in [0.25, 0.3) is 0 Å². The first kappa shape index (κ1) is 13.9. The molecule has 0 radical (unpaired) electrons. The summed E-state index contributed by atoms with van der Waals surface area (Å²) in [6.07, 6.45) is 5.10. The van der Waals surface area contributed by atoms with Crippen LogP contribution in [0.15, 0.2) is 35.3 Å². The molecule has 0 bridgehead atoms. The molecule has 0 amide bonds. The Kier molecular flexibility index (Phi) is 5.73. The average molecular weight is 259 g/mol. The van der Waals surface area contributed by atoms with Crippen LogP contribution in [-0.4, -0.2) is 25.6 Å². The second-order valence-corrected chi connectivity index (χ2v) is 5.16. The monoisotopic (exact) mass is 259 g/mol. The summed E-state index contributed by atoms with van der Waals surface area (Å²) >= 11 is 0. The number of rotatable bonds is 7. The number of benzene rings is 1. The maximum absolute atomic E-state index is 4.62. The van der Waals surface area contributed by atoms with Crippen molar-refractivity contribution < 1.29 is 0 Å². The van der Waals surface area contributed by atoms with Gasteiger partial charge in [-0.1, -0.05) is 43.2 Å². The molecule has 1 aliphatic carbocycles. The average Bonchev–Trinajstić information content (AvgIpc) is 3.24. The highest BCUT2D eigenvalue weighted by molar-refractivity contribution is 5.79. The lowest BCUT2D eigenvalue weighted by atomic mass is 10.1. The van der Waals surface area contributed by atoms with E-state index in [9.17, 15) is 0 Å². The molecule has 0 saturated heterocycles.